The molecular formula is C24H23NO6S. The Kier molecular flexibility index (Phi) is 7.83. The average molecular weight is 454 g/mol. The van der Waals surface area contributed by atoms with E-state index in [1.54, 1.807) is 60.3 Å². The highest BCUT2D eigenvalue weighted by molar-refractivity contribution is 7.99. The predicted molar refractivity (Wildman–Crippen MR) is 121 cm³/mol. The molecule has 32 heavy (non-hydrogen) atoms. The van der Waals surface area contributed by atoms with Crippen molar-refractivity contribution in [3.8, 4) is 5.75 Å². The van der Waals surface area contributed by atoms with Gasteiger partial charge in [0.1, 0.15) is 25.5 Å². The maximum atomic E-state index is 12.3. The highest BCUT2D eigenvalue weighted by Gasteiger charge is 2.36. The maximum absolute atomic E-state index is 12.3. The standard InChI is InChI=1S/C24H23NO6S/c1-3-32-15-16(2)22(27)17-8-10-18(11-9-17)30-12-13-31-21(26)14-25-23(28)19-6-4-5-7-20(19)24(25)29/h4-11H,2-3,12-15H2,1H3. The van der Waals surface area contributed by atoms with Crippen LogP contribution in [-0.4, -0.2) is 59.7 Å². The summed E-state index contributed by atoms with van der Waals surface area (Å²) in [5.74, 6) is 0.217. The number of amides is 2. The Morgan fingerprint density at radius 2 is 1.59 bits per heavy atom. The third-order valence-corrected chi connectivity index (χ3v) is 5.66. The maximum Gasteiger partial charge on any atom is 0.326 e. The van der Waals surface area contributed by atoms with Crippen LogP contribution in [0, 0.1) is 0 Å². The molecule has 0 bridgehead atoms. The summed E-state index contributed by atoms with van der Waals surface area (Å²) >= 11 is 1.64. The van der Waals surface area contributed by atoms with Gasteiger partial charge in [0.15, 0.2) is 5.78 Å². The van der Waals surface area contributed by atoms with Gasteiger partial charge >= 0.3 is 5.97 Å². The molecule has 3 rings (SSSR count). The van der Waals surface area contributed by atoms with Crippen LogP contribution in [0.4, 0.5) is 0 Å². The van der Waals surface area contributed by atoms with E-state index in [1.165, 1.54) is 0 Å². The second kappa shape index (κ2) is 10.8. The van der Waals surface area contributed by atoms with E-state index < -0.39 is 24.3 Å². The van der Waals surface area contributed by atoms with E-state index in [-0.39, 0.29) is 30.1 Å². The van der Waals surface area contributed by atoms with Gasteiger partial charge in [0.25, 0.3) is 11.8 Å². The van der Waals surface area contributed by atoms with Crippen LogP contribution in [0.5, 0.6) is 5.75 Å². The van der Waals surface area contributed by atoms with E-state index in [0.29, 0.717) is 22.6 Å². The summed E-state index contributed by atoms with van der Waals surface area (Å²) in [5, 5.41) is 0. The van der Waals surface area contributed by atoms with Gasteiger partial charge in [0.2, 0.25) is 0 Å². The van der Waals surface area contributed by atoms with Gasteiger partial charge < -0.3 is 9.47 Å². The first kappa shape index (κ1) is 23.3. The van der Waals surface area contributed by atoms with Crippen molar-refractivity contribution in [2.24, 2.45) is 0 Å². The molecule has 1 aliphatic heterocycles. The van der Waals surface area contributed by atoms with Crippen LogP contribution < -0.4 is 4.74 Å². The second-order valence-corrected chi connectivity index (χ2v) is 8.18. The minimum atomic E-state index is -0.701. The van der Waals surface area contributed by atoms with Gasteiger partial charge in [-0.05, 0) is 42.2 Å². The molecule has 0 atom stereocenters. The van der Waals surface area contributed by atoms with Crippen molar-refractivity contribution in [1.29, 1.82) is 0 Å². The normalized spacial score (nSPS) is 12.5. The lowest BCUT2D eigenvalue weighted by atomic mass is 10.1. The van der Waals surface area contributed by atoms with E-state index in [0.717, 1.165) is 10.7 Å². The van der Waals surface area contributed by atoms with Gasteiger partial charge in [-0.1, -0.05) is 25.6 Å². The highest BCUT2D eigenvalue weighted by atomic mass is 32.2. The Balaban J connectivity index is 1.41. The van der Waals surface area contributed by atoms with Crippen molar-refractivity contribution >= 4 is 35.3 Å². The molecule has 2 amide bonds. The molecule has 0 unspecified atom stereocenters. The summed E-state index contributed by atoms with van der Waals surface area (Å²) in [6.07, 6.45) is 0. The molecule has 0 N–H and O–H groups in total. The molecule has 8 heteroatoms. The highest BCUT2D eigenvalue weighted by Crippen LogP contribution is 2.22. The van der Waals surface area contributed by atoms with Crippen LogP contribution in [0.1, 0.15) is 38.0 Å². The molecule has 2 aromatic carbocycles. The molecule has 0 saturated heterocycles. The van der Waals surface area contributed by atoms with E-state index in [4.69, 9.17) is 9.47 Å². The third-order valence-electron chi connectivity index (χ3n) is 4.70. The summed E-state index contributed by atoms with van der Waals surface area (Å²) in [5.41, 5.74) is 1.65. The Hall–Kier alpha value is -3.39. The van der Waals surface area contributed by atoms with Gasteiger partial charge in [-0.3, -0.25) is 24.1 Å². The van der Waals surface area contributed by atoms with Crippen molar-refractivity contribution in [2.75, 3.05) is 31.3 Å². The number of carbonyl (C=O) groups excluding carboxylic acids is 4. The molecule has 166 valence electrons. The van der Waals surface area contributed by atoms with E-state index >= 15 is 0 Å². The Morgan fingerprint density at radius 3 is 2.19 bits per heavy atom. The van der Waals surface area contributed by atoms with Crippen molar-refractivity contribution in [3.63, 3.8) is 0 Å². The van der Waals surface area contributed by atoms with E-state index in [9.17, 15) is 19.2 Å². The van der Waals surface area contributed by atoms with Gasteiger partial charge in [0.05, 0.1) is 11.1 Å². The fraction of sp³-hybridized carbons (Fsp3) is 0.250. The van der Waals surface area contributed by atoms with Crippen LogP contribution in [0.15, 0.2) is 60.7 Å². The summed E-state index contributed by atoms with van der Waals surface area (Å²) < 4.78 is 10.6. The van der Waals surface area contributed by atoms with Crippen molar-refractivity contribution in [3.05, 3.63) is 77.4 Å². The third kappa shape index (κ3) is 5.45. The van der Waals surface area contributed by atoms with Gasteiger partial charge in [-0.2, -0.15) is 11.8 Å². The summed E-state index contributed by atoms with van der Waals surface area (Å²) in [6.45, 7) is 5.44. The number of nitrogens with zero attached hydrogens (tertiary/aromatic N) is 1. The molecule has 2 aromatic rings. The number of imide groups is 1. The van der Waals surface area contributed by atoms with Gasteiger partial charge in [0, 0.05) is 16.9 Å². The zero-order chi connectivity index (χ0) is 23.1. The number of carbonyl (C=O) groups is 4. The van der Waals surface area contributed by atoms with E-state index in [1.807, 2.05) is 6.92 Å². The lowest BCUT2D eigenvalue weighted by molar-refractivity contribution is -0.144. The largest absolute Gasteiger partial charge is 0.490 e. The molecular weight excluding hydrogens is 430 g/mol. The van der Waals surface area contributed by atoms with Crippen molar-refractivity contribution < 1.29 is 28.7 Å². The first-order valence-electron chi connectivity index (χ1n) is 10.1. The summed E-state index contributed by atoms with van der Waals surface area (Å²) in [7, 11) is 0. The molecule has 0 aliphatic carbocycles. The monoisotopic (exact) mass is 453 g/mol. The molecule has 1 aliphatic rings. The second-order valence-electron chi connectivity index (χ2n) is 6.91. The van der Waals surface area contributed by atoms with Gasteiger partial charge in [-0.15, -0.1) is 0 Å². The van der Waals surface area contributed by atoms with Crippen LogP contribution >= 0.6 is 11.8 Å². The number of ether oxygens (including phenoxy) is 2. The first-order chi connectivity index (χ1) is 15.4. The zero-order valence-corrected chi connectivity index (χ0v) is 18.5. The summed E-state index contributed by atoms with van der Waals surface area (Å²) in [4.78, 5) is 49.7. The number of benzene rings is 2. The molecule has 0 radical (unpaired) electrons. The van der Waals surface area contributed by atoms with Crippen LogP contribution in [-0.2, 0) is 9.53 Å². The minimum Gasteiger partial charge on any atom is -0.490 e. The Labute approximate surface area is 190 Å². The SMILES string of the molecule is C=C(CSCC)C(=O)c1ccc(OCCOC(=O)CN2C(=O)c3ccccc3C2=O)cc1. The minimum absolute atomic E-state index is 0.0479. The number of hydrogen-bond donors (Lipinski definition) is 0. The van der Waals surface area contributed by atoms with Crippen LogP contribution in [0.25, 0.3) is 0 Å². The number of rotatable bonds is 11. The molecule has 7 nitrogen and oxygen atoms in total. The number of ketones is 1. The lowest BCUT2D eigenvalue weighted by Gasteiger charge is -2.13. The predicted octanol–water partition coefficient (Wildman–Crippen LogP) is 3.40. The number of Topliss-reactive ketones (excluding diaryl/α,β-unsaturated/α-hetero) is 1. The number of thioether (sulfide) groups is 1. The zero-order valence-electron chi connectivity index (χ0n) is 17.7. The Morgan fingerprint density at radius 1 is 0.969 bits per heavy atom. The number of esters is 1. The van der Waals surface area contributed by atoms with Crippen LogP contribution in [0.3, 0.4) is 0 Å². The lowest BCUT2D eigenvalue weighted by Crippen LogP contribution is -2.36. The molecule has 0 fully saturated rings. The molecule has 1 heterocycles. The first-order valence-corrected chi connectivity index (χ1v) is 11.2. The van der Waals surface area contributed by atoms with Crippen molar-refractivity contribution in [2.45, 2.75) is 6.92 Å². The van der Waals surface area contributed by atoms with Crippen LogP contribution in [0.2, 0.25) is 0 Å². The average Bonchev–Trinajstić information content (AvgIpc) is 3.05. The van der Waals surface area contributed by atoms with Crippen molar-refractivity contribution in [1.82, 2.24) is 4.90 Å². The van der Waals surface area contributed by atoms with E-state index in [2.05, 4.69) is 6.58 Å². The fourth-order valence-corrected chi connectivity index (χ4v) is 3.65. The number of hydrogen-bond acceptors (Lipinski definition) is 7. The molecule has 0 spiro atoms. The molecule has 0 aromatic heterocycles. The smallest absolute Gasteiger partial charge is 0.326 e. The fourth-order valence-electron chi connectivity index (χ4n) is 3.07. The van der Waals surface area contributed by atoms with Gasteiger partial charge in [-0.25, -0.2) is 0 Å². The quantitative estimate of drug-likeness (QED) is 0.169. The molecule has 0 saturated carbocycles. The summed E-state index contributed by atoms with van der Waals surface area (Å²) in [6, 6.07) is 13.1. The topological polar surface area (TPSA) is 90.0 Å². The number of fused-ring (bicyclic) bond motifs is 1. The Bertz CT molecular complexity index is 1010.